The maximum atomic E-state index is 13.8. The summed E-state index contributed by atoms with van der Waals surface area (Å²) in [4.78, 5) is 28.5. The van der Waals surface area contributed by atoms with E-state index in [1.165, 1.54) is 24.1 Å². The number of likely N-dealkylation sites (N-methyl/N-ethyl adjacent to an activating group) is 2. The quantitative estimate of drug-likeness (QED) is 0.359. The SMILES string of the molecule is CCNC(=O)[C@H](Cc1ccccc1)N(Cc1c(Cl)cccc1Cl)C(=O)CN(C)S(=O)(=O)c1ccc(C)cc1. The van der Waals surface area contributed by atoms with E-state index in [2.05, 4.69) is 5.32 Å². The molecule has 0 aliphatic carbocycles. The van der Waals surface area contributed by atoms with Gasteiger partial charge in [-0.05, 0) is 43.7 Å². The van der Waals surface area contributed by atoms with E-state index in [9.17, 15) is 18.0 Å². The van der Waals surface area contributed by atoms with Gasteiger partial charge in [-0.1, -0.05) is 77.3 Å². The summed E-state index contributed by atoms with van der Waals surface area (Å²) in [6.07, 6.45) is 0.217. The first-order valence-corrected chi connectivity index (χ1v) is 14.3. The number of carbonyl (C=O) groups is 2. The number of nitrogens with one attached hydrogen (secondary N) is 1. The van der Waals surface area contributed by atoms with Crippen LogP contribution < -0.4 is 5.32 Å². The highest BCUT2D eigenvalue weighted by Crippen LogP contribution is 2.27. The summed E-state index contributed by atoms with van der Waals surface area (Å²) in [7, 11) is -2.62. The van der Waals surface area contributed by atoms with E-state index < -0.39 is 28.5 Å². The minimum atomic E-state index is -3.96. The fourth-order valence-corrected chi connectivity index (χ4v) is 5.59. The van der Waals surface area contributed by atoms with Crippen LogP contribution in [0.1, 0.15) is 23.6 Å². The predicted molar refractivity (Wildman–Crippen MR) is 151 cm³/mol. The third-order valence-corrected chi connectivity index (χ3v) is 8.63. The molecule has 2 amide bonds. The van der Waals surface area contributed by atoms with Gasteiger partial charge in [0.2, 0.25) is 21.8 Å². The summed E-state index contributed by atoms with van der Waals surface area (Å²) in [5.41, 5.74) is 2.22. The third-order valence-electron chi connectivity index (χ3n) is 6.10. The van der Waals surface area contributed by atoms with Crippen molar-refractivity contribution in [2.24, 2.45) is 0 Å². The Bertz CT molecular complexity index is 1350. The minimum absolute atomic E-state index is 0.0728. The second kappa shape index (κ2) is 13.2. The number of sulfonamides is 1. The smallest absolute Gasteiger partial charge is 0.243 e. The zero-order valence-electron chi connectivity index (χ0n) is 21.5. The van der Waals surface area contributed by atoms with Crippen molar-refractivity contribution in [1.29, 1.82) is 0 Å². The number of carbonyl (C=O) groups excluding carboxylic acids is 2. The highest BCUT2D eigenvalue weighted by Gasteiger charge is 2.33. The van der Waals surface area contributed by atoms with Crippen molar-refractivity contribution in [2.45, 2.75) is 37.8 Å². The van der Waals surface area contributed by atoms with E-state index in [-0.39, 0.29) is 23.8 Å². The molecule has 0 heterocycles. The summed E-state index contributed by atoms with van der Waals surface area (Å²) in [5.74, 6) is -0.928. The van der Waals surface area contributed by atoms with Crippen LogP contribution in [0.25, 0.3) is 0 Å². The van der Waals surface area contributed by atoms with Crippen LogP contribution in [0, 0.1) is 6.92 Å². The highest BCUT2D eigenvalue weighted by atomic mass is 35.5. The largest absolute Gasteiger partial charge is 0.355 e. The molecule has 0 spiro atoms. The average Bonchev–Trinajstić information content (AvgIpc) is 2.88. The minimum Gasteiger partial charge on any atom is -0.355 e. The van der Waals surface area contributed by atoms with Gasteiger partial charge < -0.3 is 10.2 Å². The molecule has 1 atom stereocenters. The molecule has 0 radical (unpaired) electrons. The van der Waals surface area contributed by atoms with Crippen LogP contribution in [-0.4, -0.2) is 55.6 Å². The Morgan fingerprint density at radius 1 is 0.921 bits per heavy atom. The number of amides is 2. The Morgan fingerprint density at radius 2 is 1.53 bits per heavy atom. The summed E-state index contributed by atoms with van der Waals surface area (Å²) >= 11 is 12.9. The second-order valence-corrected chi connectivity index (χ2v) is 11.8. The number of halogens is 2. The van der Waals surface area contributed by atoms with Gasteiger partial charge >= 0.3 is 0 Å². The van der Waals surface area contributed by atoms with E-state index in [1.54, 1.807) is 37.3 Å². The average molecular weight is 577 g/mol. The summed E-state index contributed by atoms with van der Waals surface area (Å²) in [5, 5.41) is 3.48. The molecular weight excluding hydrogens is 545 g/mol. The van der Waals surface area contributed by atoms with Crippen LogP contribution in [0.4, 0.5) is 0 Å². The first kappa shape index (κ1) is 29.6. The number of aryl methyl sites for hydroxylation is 1. The van der Waals surface area contributed by atoms with E-state index >= 15 is 0 Å². The molecule has 0 aliphatic rings. The highest BCUT2D eigenvalue weighted by molar-refractivity contribution is 7.89. The van der Waals surface area contributed by atoms with Crippen molar-refractivity contribution in [3.63, 3.8) is 0 Å². The Labute approximate surface area is 234 Å². The summed E-state index contributed by atoms with van der Waals surface area (Å²) in [6.45, 7) is 3.44. The molecule has 0 fully saturated rings. The van der Waals surface area contributed by atoms with Gasteiger partial charge in [-0.2, -0.15) is 4.31 Å². The molecule has 38 heavy (non-hydrogen) atoms. The number of benzene rings is 3. The van der Waals surface area contributed by atoms with Crippen LogP contribution in [-0.2, 0) is 32.6 Å². The zero-order valence-corrected chi connectivity index (χ0v) is 23.9. The fraction of sp³-hybridized carbons (Fsp3) is 0.286. The lowest BCUT2D eigenvalue weighted by Crippen LogP contribution is -2.53. The van der Waals surface area contributed by atoms with Gasteiger partial charge in [0.15, 0.2) is 0 Å². The van der Waals surface area contributed by atoms with E-state index in [0.29, 0.717) is 22.2 Å². The van der Waals surface area contributed by atoms with Crippen molar-refractivity contribution >= 4 is 45.0 Å². The maximum absolute atomic E-state index is 13.8. The molecule has 0 aliphatic heterocycles. The monoisotopic (exact) mass is 575 g/mol. The van der Waals surface area contributed by atoms with Crippen molar-refractivity contribution in [2.75, 3.05) is 20.1 Å². The molecule has 0 saturated carbocycles. The molecule has 0 bridgehead atoms. The Kier molecular flexibility index (Phi) is 10.3. The van der Waals surface area contributed by atoms with Gasteiger partial charge in [0, 0.05) is 42.2 Å². The van der Waals surface area contributed by atoms with Crippen molar-refractivity contribution < 1.29 is 18.0 Å². The molecule has 3 aromatic carbocycles. The number of nitrogens with zero attached hydrogens (tertiary/aromatic N) is 2. The van der Waals surface area contributed by atoms with Gasteiger partial charge in [0.25, 0.3) is 0 Å². The van der Waals surface area contributed by atoms with Crippen LogP contribution >= 0.6 is 23.2 Å². The lowest BCUT2D eigenvalue weighted by Gasteiger charge is -2.33. The molecule has 3 rings (SSSR count). The standard InChI is InChI=1S/C28H31Cl2N3O4S/c1-4-31-28(35)26(17-21-9-6-5-7-10-21)33(18-23-24(29)11-8-12-25(23)30)27(34)19-32(3)38(36,37)22-15-13-20(2)14-16-22/h5-16,26H,4,17-19H2,1-3H3,(H,31,35)/t26-/m0/s1. The van der Waals surface area contributed by atoms with Gasteiger partial charge in [-0.3, -0.25) is 9.59 Å². The Balaban J connectivity index is 2.00. The number of hydrogen-bond donors (Lipinski definition) is 1. The lowest BCUT2D eigenvalue weighted by molar-refractivity contribution is -0.141. The molecule has 3 aromatic rings. The van der Waals surface area contributed by atoms with Crippen molar-refractivity contribution in [1.82, 2.24) is 14.5 Å². The van der Waals surface area contributed by atoms with Crippen LogP contribution in [0.5, 0.6) is 0 Å². The summed E-state index contributed by atoms with van der Waals surface area (Å²) in [6, 6.07) is 19.7. The normalized spacial score (nSPS) is 12.3. The molecule has 0 saturated heterocycles. The van der Waals surface area contributed by atoms with E-state index in [0.717, 1.165) is 15.4 Å². The molecule has 10 heteroatoms. The second-order valence-electron chi connectivity index (χ2n) is 8.90. The molecule has 0 aromatic heterocycles. The molecule has 202 valence electrons. The maximum Gasteiger partial charge on any atom is 0.243 e. The van der Waals surface area contributed by atoms with Crippen LogP contribution in [0.2, 0.25) is 10.0 Å². The topological polar surface area (TPSA) is 86.8 Å². The first-order chi connectivity index (χ1) is 18.0. The third kappa shape index (κ3) is 7.35. The van der Waals surface area contributed by atoms with Crippen LogP contribution in [0.15, 0.2) is 77.7 Å². The van der Waals surface area contributed by atoms with Gasteiger partial charge in [-0.25, -0.2) is 8.42 Å². The van der Waals surface area contributed by atoms with Gasteiger partial charge in [-0.15, -0.1) is 0 Å². The van der Waals surface area contributed by atoms with Crippen molar-refractivity contribution in [3.05, 3.63) is 99.5 Å². The molecular formula is C28H31Cl2N3O4S. The molecule has 0 unspecified atom stereocenters. The lowest BCUT2D eigenvalue weighted by atomic mass is 10.0. The fourth-order valence-electron chi connectivity index (χ4n) is 3.96. The van der Waals surface area contributed by atoms with E-state index in [1.807, 2.05) is 37.3 Å². The van der Waals surface area contributed by atoms with Gasteiger partial charge in [0.05, 0.1) is 11.4 Å². The van der Waals surface area contributed by atoms with Crippen molar-refractivity contribution in [3.8, 4) is 0 Å². The molecule has 7 nitrogen and oxygen atoms in total. The predicted octanol–water partition coefficient (Wildman–Crippen LogP) is 4.70. The van der Waals surface area contributed by atoms with Crippen LogP contribution in [0.3, 0.4) is 0 Å². The Hall–Kier alpha value is -2.91. The van der Waals surface area contributed by atoms with E-state index in [4.69, 9.17) is 23.2 Å². The number of hydrogen-bond acceptors (Lipinski definition) is 4. The zero-order chi connectivity index (χ0) is 27.9. The number of rotatable bonds is 11. The Morgan fingerprint density at radius 3 is 2.11 bits per heavy atom. The summed E-state index contributed by atoms with van der Waals surface area (Å²) < 4.78 is 27.4. The first-order valence-electron chi connectivity index (χ1n) is 12.1. The molecule has 1 N–H and O–H groups in total. The van der Waals surface area contributed by atoms with Gasteiger partial charge in [0.1, 0.15) is 6.04 Å².